The van der Waals surface area contributed by atoms with E-state index >= 15 is 0 Å². The van der Waals surface area contributed by atoms with E-state index in [2.05, 4.69) is 29.3 Å². The Kier molecular flexibility index (Phi) is 9.22. The molecule has 0 aromatic heterocycles. The molecule has 25 heavy (non-hydrogen) atoms. The van der Waals surface area contributed by atoms with Gasteiger partial charge in [-0.05, 0) is 63.3 Å². The molecule has 3 N–H and O–H groups in total. The fraction of sp³-hybridized carbons (Fsp3) is 0.632. The summed E-state index contributed by atoms with van der Waals surface area (Å²) in [6, 6.07) is 9.19. The summed E-state index contributed by atoms with van der Waals surface area (Å²) in [4.78, 5) is 14.8. The minimum Gasteiger partial charge on any atom is -0.328 e. The Labute approximate surface area is 163 Å². The first kappa shape index (κ1) is 22.2. The van der Waals surface area contributed by atoms with Crippen molar-refractivity contribution in [1.82, 2.24) is 4.90 Å². The Bertz CT molecular complexity index is 538. The summed E-state index contributed by atoms with van der Waals surface area (Å²) >= 11 is 0. The van der Waals surface area contributed by atoms with Crippen molar-refractivity contribution in [3.8, 4) is 0 Å². The number of rotatable bonds is 4. The van der Waals surface area contributed by atoms with Gasteiger partial charge < -0.3 is 11.1 Å². The van der Waals surface area contributed by atoms with E-state index < -0.39 is 0 Å². The molecule has 1 aromatic rings. The van der Waals surface area contributed by atoms with Crippen LogP contribution in [0.25, 0.3) is 0 Å². The van der Waals surface area contributed by atoms with Crippen LogP contribution in [0, 0.1) is 5.92 Å². The van der Waals surface area contributed by atoms with Gasteiger partial charge in [0.05, 0.1) is 0 Å². The van der Waals surface area contributed by atoms with Gasteiger partial charge >= 0.3 is 0 Å². The SMILES string of the molecule is CC1CCCCN1Cc1ccc(NC(=O)C2CCC(N)C2)cc1.Cl.Cl. The standard InChI is InChI=1S/C19H29N3O.2ClH/c1-14-4-2-3-11-22(14)13-15-5-9-18(10-6-15)21-19(23)16-7-8-17(20)12-16;;/h5-6,9-10,14,16-17H,2-4,7-8,11-13,20H2,1H3,(H,21,23);2*1H. The van der Waals surface area contributed by atoms with E-state index in [1.807, 2.05) is 12.1 Å². The van der Waals surface area contributed by atoms with Gasteiger partial charge in [-0.3, -0.25) is 9.69 Å². The zero-order chi connectivity index (χ0) is 16.2. The number of carbonyl (C=O) groups excluding carboxylic acids is 1. The molecule has 1 aromatic carbocycles. The van der Waals surface area contributed by atoms with Crippen molar-refractivity contribution in [2.24, 2.45) is 11.7 Å². The van der Waals surface area contributed by atoms with Crippen molar-refractivity contribution in [3.63, 3.8) is 0 Å². The van der Waals surface area contributed by atoms with Crippen molar-refractivity contribution >= 4 is 36.4 Å². The number of halogens is 2. The molecule has 3 unspecified atom stereocenters. The number of likely N-dealkylation sites (tertiary alicyclic amines) is 1. The first-order valence-electron chi connectivity index (χ1n) is 9.01. The average molecular weight is 388 g/mol. The van der Waals surface area contributed by atoms with Gasteiger partial charge in [0.25, 0.3) is 0 Å². The van der Waals surface area contributed by atoms with Crippen LogP contribution in [0.5, 0.6) is 0 Å². The Morgan fingerprint density at radius 3 is 2.48 bits per heavy atom. The van der Waals surface area contributed by atoms with Crippen molar-refractivity contribution in [2.45, 2.75) is 64.1 Å². The lowest BCUT2D eigenvalue weighted by Crippen LogP contribution is -2.36. The Balaban J connectivity index is 0.00000156. The zero-order valence-corrected chi connectivity index (χ0v) is 16.6. The smallest absolute Gasteiger partial charge is 0.227 e. The van der Waals surface area contributed by atoms with Gasteiger partial charge in [-0.25, -0.2) is 0 Å². The molecular formula is C19H31Cl2N3O. The van der Waals surface area contributed by atoms with Crippen LogP contribution < -0.4 is 11.1 Å². The molecule has 0 spiro atoms. The summed E-state index contributed by atoms with van der Waals surface area (Å²) in [5.74, 6) is 0.203. The summed E-state index contributed by atoms with van der Waals surface area (Å²) in [6.45, 7) is 4.52. The molecule has 1 aliphatic heterocycles. The highest BCUT2D eigenvalue weighted by Crippen LogP contribution is 2.26. The summed E-state index contributed by atoms with van der Waals surface area (Å²) in [5, 5.41) is 3.04. The zero-order valence-electron chi connectivity index (χ0n) is 14.9. The van der Waals surface area contributed by atoms with Crippen LogP contribution in [0.4, 0.5) is 5.69 Å². The number of hydrogen-bond acceptors (Lipinski definition) is 3. The number of piperidine rings is 1. The molecule has 3 rings (SSSR count). The maximum Gasteiger partial charge on any atom is 0.227 e. The molecule has 2 fully saturated rings. The maximum absolute atomic E-state index is 12.2. The normalized spacial score (nSPS) is 26.4. The van der Waals surface area contributed by atoms with Crippen LogP contribution in [0.2, 0.25) is 0 Å². The van der Waals surface area contributed by atoms with E-state index in [0.29, 0.717) is 6.04 Å². The number of amides is 1. The number of nitrogens with one attached hydrogen (secondary N) is 1. The Morgan fingerprint density at radius 1 is 1.16 bits per heavy atom. The summed E-state index contributed by atoms with van der Waals surface area (Å²) in [6.07, 6.45) is 6.66. The van der Waals surface area contributed by atoms with Gasteiger partial charge in [-0.1, -0.05) is 18.6 Å². The van der Waals surface area contributed by atoms with E-state index in [1.165, 1.54) is 31.4 Å². The Morgan fingerprint density at radius 2 is 1.88 bits per heavy atom. The van der Waals surface area contributed by atoms with E-state index in [4.69, 9.17) is 5.73 Å². The molecular weight excluding hydrogens is 357 g/mol. The highest BCUT2D eigenvalue weighted by Gasteiger charge is 2.27. The van der Waals surface area contributed by atoms with Gasteiger partial charge in [0.2, 0.25) is 5.91 Å². The third kappa shape index (κ3) is 6.14. The largest absolute Gasteiger partial charge is 0.328 e. The number of benzene rings is 1. The van der Waals surface area contributed by atoms with Crippen LogP contribution in [0.15, 0.2) is 24.3 Å². The fourth-order valence-electron chi connectivity index (χ4n) is 3.82. The summed E-state index contributed by atoms with van der Waals surface area (Å²) in [5.41, 5.74) is 8.11. The van der Waals surface area contributed by atoms with Gasteiger partial charge in [-0.2, -0.15) is 0 Å². The third-order valence-corrected chi connectivity index (χ3v) is 5.39. The molecule has 142 valence electrons. The highest BCUT2D eigenvalue weighted by atomic mass is 35.5. The quantitative estimate of drug-likeness (QED) is 0.821. The van der Waals surface area contributed by atoms with Crippen LogP contribution in [-0.2, 0) is 11.3 Å². The first-order chi connectivity index (χ1) is 11.1. The predicted octanol–water partition coefficient (Wildman–Crippen LogP) is 3.97. The number of nitrogens with two attached hydrogens (primary N) is 1. The molecule has 1 saturated heterocycles. The monoisotopic (exact) mass is 387 g/mol. The van der Waals surface area contributed by atoms with E-state index in [0.717, 1.165) is 31.5 Å². The van der Waals surface area contributed by atoms with Gasteiger partial charge in [0.15, 0.2) is 0 Å². The fourth-order valence-corrected chi connectivity index (χ4v) is 3.82. The van der Waals surface area contributed by atoms with Gasteiger partial charge in [0, 0.05) is 30.2 Å². The minimum atomic E-state index is 0. The van der Waals surface area contributed by atoms with Crippen LogP contribution >= 0.6 is 24.8 Å². The number of anilines is 1. The van der Waals surface area contributed by atoms with Crippen molar-refractivity contribution in [2.75, 3.05) is 11.9 Å². The molecule has 6 heteroatoms. The Hall–Kier alpha value is -0.810. The molecule has 1 aliphatic carbocycles. The molecule has 1 heterocycles. The highest BCUT2D eigenvalue weighted by molar-refractivity contribution is 5.92. The number of carbonyl (C=O) groups is 1. The lowest BCUT2D eigenvalue weighted by molar-refractivity contribution is -0.119. The third-order valence-electron chi connectivity index (χ3n) is 5.39. The predicted molar refractivity (Wildman–Crippen MR) is 109 cm³/mol. The van der Waals surface area contributed by atoms with Gasteiger partial charge in [0.1, 0.15) is 0 Å². The van der Waals surface area contributed by atoms with Crippen LogP contribution in [0.1, 0.15) is 51.0 Å². The molecule has 1 saturated carbocycles. The molecule has 2 aliphatic rings. The van der Waals surface area contributed by atoms with E-state index in [1.54, 1.807) is 0 Å². The molecule has 3 atom stereocenters. The van der Waals surface area contributed by atoms with Crippen LogP contribution in [-0.4, -0.2) is 29.4 Å². The molecule has 0 bridgehead atoms. The van der Waals surface area contributed by atoms with Gasteiger partial charge in [-0.15, -0.1) is 24.8 Å². The maximum atomic E-state index is 12.2. The van der Waals surface area contributed by atoms with Crippen molar-refractivity contribution in [1.29, 1.82) is 0 Å². The second-order valence-corrected chi connectivity index (χ2v) is 7.27. The summed E-state index contributed by atoms with van der Waals surface area (Å²) in [7, 11) is 0. The molecule has 0 radical (unpaired) electrons. The van der Waals surface area contributed by atoms with Crippen molar-refractivity contribution in [3.05, 3.63) is 29.8 Å². The summed E-state index contributed by atoms with van der Waals surface area (Å²) < 4.78 is 0. The molecule has 4 nitrogen and oxygen atoms in total. The topological polar surface area (TPSA) is 58.4 Å². The number of nitrogens with zero attached hydrogens (tertiary/aromatic N) is 1. The lowest BCUT2D eigenvalue weighted by atomic mass is 10.0. The lowest BCUT2D eigenvalue weighted by Gasteiger charge is -2.33. The van der Waals surface area contributed by atoms with Crippen molar-refractivity contribution < 1.29 is 4.79 Å². The van der Waals surface area contributed by atoms with E-state index in [-0.39, 0.29) is 42.7 Å². The number of hydrogen-bond donors (Lipinski definition) is 2. The second kappa shape index (κ2) is 10.4. The van der Waals surface area contributed by atoms with Crippen LogP contribution in [0.3, 0.4) is 0 Å². The average Bonchev–Trinajstić information content (AvgIpc) is 2.98. The molecule has 1 amide bonds. The first-order valence-corrected chi connectivity index (χ1v) is 9.01. The second-order valence-electron chi connectivity index (χ2n) is 7.27. The van der Waals surface area contributed by atoms with E-state index in [9.17, 15) is 4.79 Å². The minimum absolute atomic E-state index is 0.